The van der Waals surface area contributed by atoms with Gasteiger partial charge in [0.2, 0.25) is 11.0 Å². The number of aromatic nitrogens is 1. The molecular weight excluding hydrogens is 162 g/mol. The van der Waals surface area contributed by atoms with Gasteiger partial charge in [-0.1, -0.05) is 0 Å². The van der Waals surface area contributed by atoms with E-state index >= 15 is 0 Å². The van der Waals surface area contributed by atoms with Crippen LogP contribution in [0.4, 0.5) is 5.13 Å². The summed E-state index contributed by atoms with van der Waals surface area (Å²) >= 11 is 1.35. The Kier molecular flexibility index (Phi) is 2.21. The summed E-state index contributed by atoms with van der Waals surface area (Å²) in [6, 6.07) is 0. The zero-order valence-corrected chi connectivity index (χ0v) is 7.18. The van der Waals surface area contributed by atoms with E-state index in [-0.39, 0.29) is 5.91 Å². The molecule has 0 aromatic carbocycles. The Morgan fingerprint density at radius 2 is 2.45 bits per heavy atom. The van der Waals surface area contributed by atoms with Crippen molar-refractivity contribution >= 4 is 22.4 Å². The summed E-state index contributed by atoms with van der Waals surface area (Å²) in [5, 5.41) is 3.42. The van der Waals surface area contributed by atoms with E-state index in [1.54, 1.807) is 0 Å². The van der Waals surface area contributed by atoms with Crippen LogP contribution in [0.15, 0.2) is 5.38 Å². The number of nitrogens with two attached hydrogens (primary N) is 1. The largest absolute Gasteiger partial charge is 0.273 e. The molecule has 1 aromatic rings. The fraction of sp³-hybridized carbons (Fsp3) is 0.333. The number of aryl methyl sites for hydroxylation is 1. The minimum atomic E-state index is -0.209. The second kappa shape index (κ2) is 2.98. The monoisotopic (exact) mass is 171 g/mol. The first-order valence-electron chi connectivity index (χ1n) is 3.09. The summed E-state index contributed by atoms with van der Waals surface area (Å²) in [4.78, 5) is 14.8. The number of nitrogens with zero attached hydrogens (tertiary/aromatic N) is 2. The van der Waals surface area contributed by atoms with Gasteiger partial charge >= 0.3 is 0 Å². The van der Waals surface area contributed by atoms with Gasteiger partial charge in [0.15, 0.2) is 0 Å². The van der Waals surface area contributed by atoms with Crippen molar-refractivity contribution in [1.82, 2.24) is 4.98 Å². The summed E-state index contributed by atoms with van der Waals surface area (Å²) in [5.41, 5.74) is 0.877. The lowest BCUT2D eigenvalue weighted by atomic mass is 10.6. The molecule has 1 rings (SSSR count). The lowest BCUT2D eigenvalue weighted by Gasteiger charge is -2.08. The molecule has 0 saturated carbocycles. The van der Waals surface area contributed by atoms with Crippen molar-refractivity contribution in [2.45, 2.75) is 13.8 Å². The number of hydrogen-bond acceptors (Lipinski definition) is 4. The molecule has 0 aliphatic rings. The van der Waals surface area contributed by atoms with E-state index in [0.717, 1.165) is 10.7 Å². The van der Waals surface area contributed by atoms with E-state index in [0.29, 0.717) is 5.13 Å². The Bertz CT molecular complexity index is 271. The van der Waals surface area contributed by atoms with E-state index in [1.165, 1.54) is 18.3 Å². The molecule has 2 N–H and O–H groups in total. The molecule has 4 nitrogen and oxygen atoms in total. The number of carbonyl (C=O) groups is 1. The molecule has 0 bridgehead atoms. The van der Waals surface area contributed by atoms with Crippen LogP contribution >= 0.6 is 11.3 Å². The van der Waals surface area contributed by atoms with Gasteiger partial charge in [-0.3, -0.25) is 4.79 Å². The highest BCUT2D eigenvalue weighted by Crippen LogP contribution is 2.16. The third-order valence-corrected chi connectivity index (χ3v) is 2.11. The van der Waals surface area contributed by atoms with Gasteiger partial charge in [0, 0.05) is 12.3 Å². The Labute approximate surface area is 68.6 Å². The van der Waals surface area contributed by atoms with Crippen LogP contribution in [-0.4, -0.2) is 10.9 Å². The van der Waals surface area contributed by atoms with Crippen molar-refractivity contribution in [3.05, 3.63) is 11.1 Å². The number of thiazole rings is 1. The van der Waals surface area contributed by atoms with Crippen molar-refractivity contribution < 1.29 is 4.79 Å². The molecule has 1 aromatic heterocycles. The maximum Gasteiger partial charge on any atom is 0.240 e. The highest BCUT2D eigenvalue weighted by molar-refractivity contribution is 7.13. The van der Waals surface area contributed by atoms with Crippen LogP contribution in [-0.2, 0) is 4.79 Å². The molecule has 0 spiro atoms. The first kappa shape index (κ1) is 8.16. The first-order valence-corrected chi connectivity index (χ1v) is 3.96. The average Bonchev–Trinajstić information content (AvgIpc) is 2.34. The second-order valence-electron chi connectivity index (χ2n) is 2.16. The number of amides is 1. The molecule has 60 valence electrons. The highest BCUT2D eigenvalue weighted by atomic mass is 32.1. The van der Waals surface area contributed by atoms with Crippen molar-refractivity contribution in [2.24, 2.45) is 5.84 Å². The summed E-state index contributed by atoms with van der Waals surface area (Å²) in [7, 11) is 0. The molecule has 0 unspecified atom stereocenters. The summed E-state index contributed by atoms with van der Waals surface area (Å²) in [6.45, 7) is 3.25. The lowest BCUT2D eigenvalue weighted by Crippen LogP contribution is -2.35. The van der Waals surface area contributed by atoms with Crippen LogP contribution in [0, 0.1) is 6.92 Å². The molecule has 0 radical (unpaired) electrons. The number of hydrazine groups is 1. The number of rotatable bonds is 1. The van der Waals surface area contributed by atoms with Crippen molar-refractivity contribution in [2.75, 3.05) is 5.01 Å². The quantitative estimate of drug-likeness (QED) is 0.384. The van der Waals surface area contributed by atoms with E-state index in [9.17, 15) is 4.79 Å². The van der Waals surface area contributed by atoms with Gasteiger partial charge in [-0.05, 0) is 6.92 Å². The summed E-state index contributed by atoms with van der Waals surface area (Å²) < 4.78 is 0. The van der Waals surface area contributed by atoms with Crippen molar-refractivity contribution in [3.63, 3.8) is 0 Å². The predicted octanol–water partition coefficient (Wildman–Crippen LogP) is 0.678. The molecule has 0 fully saturated rings. The molecule has 5 heteroatoms. The van der Waals surface area contributed by atoms with Gasteiger partial charge in [-0.2, -0.15) is 0 Å². The van der Waals surface area contributed by atoms with Gasteiger partial charge in [0.05, 0.1) is 5.69 Å². The molecule has 11 heavy (non-hydrogen) atoms. The van der Waals surface area contributed by atoms with Crippen LogP contribution in [0.3, 0.4) is 0 Å². The fourth-order valence-electron chi connectivity index (χ4n) is 0.587. The van der Waals surface area contributed by atoms with Crippen LogP contribution in [0.2, 0.25) is 0 Å². The minimum Gasteiger partial charge on any atom is -0.273 e. The predicted molar refractivity (Wildman–Crippen MR) is 44.2 cm³/mol. The van der Waals surface area contributed by atoms with Gasteiger partial charge in [-0.15, -0.1) is 11.3 Å². The molecule has 0 aliphatic heterocycles. The Hall–Kier alpha value is -0.940. The van der Waals surface area contributed by atoms with E-state index in [4.69, 9.17) is 5.84 Å². The number of hydrogen-bond donors (Lipinski definition) is 1. The average molecular weight is 171 g/mol. The van der Waals surface area contributed by atoms with E-state index in [1.807, 2.05) is 12.3 Å². The second-order valence-corrected chi connectivity index (χ2v) is 3.00. The molecule has 0 saturated heterocycles. The third kappa shape index (κ3) is 1.75. The van der Waals surface area contributed by atoms with Crippen LogP contribution in [0.1, 0.15) is 12.6 Å². The smallest absolute Gasteiger partial charge is 0.240 e. The lowest BCUT2D eigenvalue weighted by molar-refractivity contribution is -0.116. The van der Waals surface area contributed by atoms with Gasteiger partial charge < -0.3 is 0 Å². The van der Waals surface area contributed by atoms with E-state index in [2.05, 4.69) is 4.98 Å². The van der Waals surface area contributed by atoms with Crippen LogP contribution < -0.4 is 10.9 Å². The van der Waals surface area contributed by atoms with Crippen LogP contribution in [0.25, 0.3) is 0 Å². The van der Waals surface area contributed by atoms with Gasteiger partial charge in [0.1, 0.15) is 0 Å². The zero-order valence-electron chi connectivity index (χ0n) is 6.37. The third-order valence-electron chi connectivity index (χ3n) is 1.15. The molecule has 1 heterocycles. The van der Waals surface area contributed by atoms with Gasteiger partial charge in [-0.25, -0.2) is 15.8 Å². The molecule has 1 amide bonds. The minimum absolute atomic E-state index is 0.209. The highest BCUT2D eigenvalue weighted by Gasteiger charge is 2.08. The Morgan fingerprint density at radius 3 is 2.82 bits per heavy atom. The van der Waals surface area contributed by atoms with Gasteiger partial charge in [0.25, 0.3) is 0 Å². The SMILES string of the molecule is CC(=O)N(N)c1nc(C)cs1. The topological polar surface area (TPSA) is 59.2 Å². The standard InChI is InChI=1S/C6H9N3OS/c1-4-3-11-6(8-4)9(7)5(2)10/h3H,7H2,1-2H3. The molecule has 0 aliphatic carbocycles. The maximum atomic E-state index is 10.7. The van der Waals surface area contributed by atoms with Crippen molar-refractivity contribution in [3.8, 4) is 0 Å². The Morgan fingerprint density at radius 1 is 1.82 bits per heavy atom. The van der Waals surface area contributed by atoms with Crippen LogP contribution in [0.5, 0.6) is 0 Å². The maximum absolute atomic E-state index is 10.7. The number of carbonyl (C=O) groups excluding carboxylic acids is 1. The van der Waals surface area contributed by atoms with Crippen molar-refractivity contribution in [1.29, 1.82) is 0 Å². The molecule has 0 atom stereocenters. The normalized spacial score (nSPS) is 9.73. The molecular formula is C6H9N3OS. The Balaban J connectivity index is 2.84. The first-order chi connectivity index (χ1) is 5.11. The zero-order chi connectivity index (χ0) is 8.43. The van der Waals surface area contributed by atoms with E-state index < -0.39 is 0 Å². The summed E-state index contributed by atoms with van der Waals surface area (Å²) in [6.07, 6.45) is 0. The summed E-state index contributed by atoms with van der Waals surface area (Å²) in [5.74, 6) is 5.17. The fourth-order valence-corrected chi connectivity index (χ4v) is 1.35. The number of anilines is 1.